The van der Waals surface area contributed by atoms with Crippen molar-refractivity contribution in [3.63, 3.8) is 0 Å². The van der Waals surface area contributed by atoms with Gasteiger partial charge in [0.1, 0.15) is 0 Å². The minimum absolute atomic E-state index is 0.435. The third-order valence-electron chi connectivity index (χ3n) is 3.05. The molecule has 4 N–H and O–H groups in total. The van der Waals surface area contributed by atoms with Gasteiger partial charge in [-0.15, -0.1) is 0 Å². The molecule has 1 amide bonds. The number of hydrogen-bond donors (Lipinski definition) is 3. The van der Waals surface area contributed by atoms with E-state index in [4.69, 9.17) is 5.73 Å². The smallest absolute Gasteiger partial charge is 0.248 e. The second-order valence-corrected chi connectivity index (χ2v) is 4.39. The lowest BCUT2D eigenvalue weighted by Crippen LogP contribution is -2.12. The highest BCUT2D eigenvalue weighted by Gasteiger charge is 2.06. The first-order valence-corrected chi connectivity index (χ1v) is 6.52. The van der Waals surface area contributed by atoms with Gasteiger partial charge in [0.05, 0.1) is 23.6 Å². The number of carbonyl (C=O) groups is 1. The molecule has 6 heteroatoms. The second-order valence-electron chi connectivity index (χ2n) is 4.39. The van der Waals surface area contributed by atoms with E-state index < -0.39 is 5.91 Å². The fraction of sp³-hybridized carbons (Fsp3) is 0.286. The van der Waals surface area contributed by atoms with E-state index in [2.05, 4.69) is 15.7 Å². The monoisotopic (exact) mass is 273 g/mol. The number of nitrogens with one attached hydrogen (secondary N) is 2. The van der Waals surface area contributed by atoms with Crippen molar-refractivity contribution in [2.24, 2.45) is 5.73 Å². The van der Waals surface area contributed by atoms with Gasteiger partial charge in [-0.25, -0.2) is 0 Å². The molecule has 1 aromatic heterocycles. The summed E-state index contributed by atoms with van der Waals surface area (Å²) in [5.41, 5.74) is 8.45. The summed E-state index contributed by atoms with van der Waals surface area (Å²) in [5, 5.41) is 10.7. The molecule has 0 saturated heterocycles. The molecule has 0 aliphatic rings. The standard InChI is InChI=1S/C14H19N5O/c1-3-19-7-6-11(18-19)9-17-12-5-4-10(14(15)20)8-13(12)16-2/h4-8,16-17H,3,9H2,1-2H3,(H2,15,20). The molecule has 2 rings (SSSR count). The number of rotatable bonds is 6. The zero-order chi connectivity index (χ0) is 14.5. The Balaban J connectivity index is 2.10. The Labute approximate surface area is 118 Å². The van der Waals surface area contributed by atoms with Crippen molar-refractivity contribution in [1.82, 2.24) is 9.78 Å². The van der Waals surface area contributed by atoms with E-state index in [9.17, 15) is 4.79 Å². The molecule has 2 aromatic rings. The van der Waals surface area contributed by atoms with Crippen LogP contribution in [0, 0.1) is 0 Å². The van der Waals surface area contributed by atoms with Crippen molar-refractivity contribution in [3.8, 4) is 0 Å². The van der Waals surface area contributed by atoms with E-state index in [1.807, 2.05) is 29.9 Å². The highest BCUT2D eigenvalue weighted by atomic mass is 16.1. The number of primary amides is 1. The molecule has 0 fully saturated rings. The molecule has 1 aromatic carbocycles. The van der Waals surface area contributed by atoms with E-state index in [1.54, 1.807) is 19.2 Å². The quantitative estimate of drug-likeness (QED) is 0.747. The van der Waals surface area contributed by atoms with Crippen molar-refractivity contribution in [2.45, 2.75) is 20.0 Å². The predicted octanol–water partition coefficient (Wildman–Crippen LogP) is 1.66. The normalized spacial score (nSPS) is 10.3. The highest BCUT2D eigenvalue weighted by molar-refractivity contribution is 5.95. The molecule has 0 unspecified atom stereocenters. The number of carbonyl (C=O) groups excluding carboxylic acids is 1. The van der Waals surface area contributed by atoms with Crippen molar-refractivity contribution in [2.75, 3.05) is 17.7 Å². The minimum Gasteiger partial charge on any atom is -0.386 e. The summed E-state index contributed by atoms with van der Waals surface area (Å²) in [6.07, 6.45) is 1.95. The number of aryl methyl sites for hydroxylation is 1. The maximum Gasteiger partial charge on any atom is 0.248 e. The van der Waals surface area contributed by atoms with E-state index in [1.165, 1.54) is 0 Å². The van der Waals surface area contributed by atoms with Gasteiger partial charge in [0.2, 0.25) is 5.91 Å². The summed E-state index contributed by atoms with van der Waals surface area (Å²) in [6, 6.07) is 7.25. The number of amides is 1. The molecule has 20 heavy (non-hydrogen) atoms. The summed E-state index contributed by atoms with van der Waals surface area (Å²) in [5.74, 6) is -0.435. The van der Waals surface area contributed by atoms with Gasteiger partial charge in [-0.1, -0.05) is 0 Å². The van der Waals surface area contributed by atoms with Crippen LogP contribution < -0.4 is 16.4 Å². The van der Waals surface area contributed by atoms with Gasteiger partial charge < -0.3 is 16.4 Å². The van der Waals surface area contributed by atoms with Crippen LogP contribution in [0.25, 0.3) is 0 Å². The summed E-state index contributed by atoms with van der Waals surface area (Å²) in [4.78, 5) is 11.2. The van der Waals surface area contributed by atoms with Gasteiger partial charge in [-0.3, -0.25) is 9.48 Å². The Bertz CT molecular complexity index is 605. The van der Waals surface area contributed by atoms with Gasteiger partial charge in [-0.05, 0) is 31.2 Å². The molecular formula is C14H19N5O. The largest absolute Gasteiger partial charge is 0.386 e. The first kappa shape index (κ1) is 13.9. The maximum atomic E-state index is 11.2. The first-order valence-electron chi connectivity index (χ1n) is 6.52. The average Bonchev–Trinajstić information content (AvgIpc) is 2.92. The lowest BCUT2D eigenvalue weighted by Gasteiger charge is -2.12. The molecule has 0 aliphatic heterocycles. The summed E-state index contributed by atoms with van der Waals surface area (Å²) >= 11 is 0. The Kier molecular flexibility index (Phi) is 4.24. The Hall–Kier alpha value is -2.50. The molecule has 0 bridgehead atoms. The number of anilines is 2. The van der Waals surface area contributed by atoms with Crippen LogP contribution in [0.1, 0.15) is 23.0 Å². The average molecular weight is 273 g/mol. The van der Waals surface area contributed by atoms with Crippen LogP contribution in [0.4, 0.5) is 11.4 Å². The molecule has 0 saturated carbocycles. The highest BCUT2D eigenvalue weighted by Crippen LogP contribution is 2.23. The summed E-state index contributed by atoms with van der Waals surface area (Å²) < 4.78 is 1.88. The van der Waals surface area contributed by atoms with Crippen LogP contribution in [0.5, 0.6) is 0 Å². The van der Waals surface area contributed by atoms with Crippen LogP contribution in [0.2, 0.25) is 0 Å². The van der Waals surface area contributed by atoms with Crippen molar-refractivity contribution >= 4 is 17.3 Å². The second kappa shape index (κ2) is 6.10. The van der Waals surface area contributed by atoms with Crippen LogP contribution >= 0.6 is 0 Å². The van der Waals surface area contributed by atoms with Crippen LogP contribution in [0.15, 0.2) is 30.5 Å². The molecule has 0 spiro atoms. The zero-order valence-electron chi connectivity index (χ0n) is 11.7. The molecule has 106 valence electrons. The van der Waals surface area contributed by atoms with Crippen molar-refractivity contribution in [1.29, 1.82) is 0 Å². The molecule has 6 nitrogen and oxygen atoms in total. The molecular weight excluding hydrogens is 254 g/mol. The van der Waals surface area contributed by atoms with E-state index >= 15 is 0 Å². The molecule has 0 atom stereocenters. The fourth-order valence-corrected chi connectivity index (χ4v) is 1.92. The number of benzene rings is 1. The Morgan fingerprint density at radius 2 is 2.15 bits per heavy atom. The SMILES string of the molecule is CCn1ccc(CNc2ccc(C(N)=O)cc2NC)n1. The topological polar surface area (TPSA) is 85.0 Å². The zero-order valence-corrected chi connectivity index (χ0v) is 11.7. The van der Waals surface area contributed by atoms with E-state index in [0.29, 0.717) is 12.1 Å². The molecule has 0 radical (unpaired) electrons. The van der Waals surface area contributed by atoms with E-state index in [-0.39, 0.29) is 0 Å². The van der Waals surface area contributed by atoms with E-state index in [0.717, 1.165) is 23.6 Å². The van der Waals surface area contributed by atoms with Crippen LogP contribution in [-0.2, 0) is 13.1 Å². The third kappa shape index (κ3) is 3.09. The van der Waals surface area contributed by atoms with Gasteiger partial charge in [0.25, 0.3) is 0 Å². The molecule has 0 aliphatic carbocycles. The third-order valence-corrected chi connectivity index (χ3v) is 3.05. The summed E-state index contributed by atoms with van der Waals surface area (Å²) in [7, 11) is 1.80. The Morgan fingerprint density at radius 3 is 2.75 bits per heavy atom. The van der Waals surface area contributed by atoms with Crippen molar-refractivity contribution < 1.29 is 4.79 Å². The van der Waals surface area contributed by atoms with Crippen LogP contribution in [0.3, 0.4) is 0 Å². The Morgan fingerprint density at radius 1 is 1.35 bits per heavy atom. The lowest BCUT2D eigenvalue weighted by molar-refractivity contribution is 0.100. The fourth-order valence-electron chi connectivity index (χ4n) is 1.92. The number of aromatic nitrogens is 2. The van der Waals surface area contributed by atoms with Crippen LogP contribution in [-0.4, -0.2) is 22.7 Å². The predicted molar refractivity (Wildman–Crippen MR) is 79.7 cm³/mol. The lowest BCUT2D eigenvalue weighted by atomic mass is 10.1. The minimum atomic E-state index is -0.435. The van der Waals surface area contributed by atoms with Gasteiger partial charge in [-0.2, -0.15) is 5.10 Å². The van der Waals surface area contributed by atoms with Gasteiger partial charge in [0.15, 0.2) is 0 Å². The number of nitrogens with zero attached hydrogens (tertiary/aromatic N) is 2. The molecule has 1 heterocycles. The number of nitrogens with two attached hydrogens (primary N) is 1. The first-order chi connectivity index (χ1) is 9.63. The van der Waals surface area contributed by atoms with Crippen molar-refractivity contribution in [3.05, 3.63) is 41.7 Å². The summed E-state index contributed by atoms with van der Waals surface area (Å²) in [6.45, 7) is 3.53. The maximum absolute atomic E-state index is 11.2. The van der Waals surface area contributed by atoms with Gasteiger partial charge in [0, 0.05) is 25.4 Å². The van der Waals surface area contributed by atoms with Gasteiger partial charge >= 0.3 is 0 Å². The number of hydrogen-bond acceptors (Lipinski definition) is 4.